The van der Waals surface area contributed by atoms with Crippen LogP contribution in [0.4, 0.5) is 0 Å². The molecular formula is C9H13BrO4. The van der Waals surface area contributed by atoms with Crippen molar-refractivity contribution >= 4 is 27.9 Å². The summed E-state index contributed by atoms with van der Waals surface area (Å²) in [6.45, 7) is 3.88. The monoisotopic (exact) mass is 264 g/mol. The molecule has 1 aliphatic rings. The number of alkyl halides is 1. The lowest BCUT2D eigenvalue weighted by molar-refractivity contribution is -0.209. The molecule has 1 aliphatic heterocycles. The van der Waals surface area contributed by atoms with E-state index >= 15 is 0 Å². The predicted molar refractivity (Wildman–Crippen MR) is 52.8 cm³/mol. The molecule has 0 amide bonds. The Bertz CT molecular complexity index is 231. The summed E-state index contributed by atoms with van der Waals surface area (Å²) in [4.78, 5) is 22.0. The molecule has 5 heteroatoms. The third kappa shape index (κ3) is 2.26. The number of esters is 2. The molecule has 0 bridgehead atoms. The van der Waals surface area contributed by atoms with Crippen molar-refractivity contribution < 1.29 is 19.1 Å². The van der Waals surface area contributed by atoms with Gasteiger partial charge in [0.25, 0.3) is 6.29 Å². The van der Waals surface area contributed by atoms with E-state index in [-0.39, 0.29) is 6.42 Å². The van der Waals surface area contributed by atoms with E-state index in [0.29, 0.717) is 12.8 Å². The maximum absolute atomic E-state index is 11.0. The van der Waals surface area contributed by atoms with E-state index < -0.39 is 22.6 Å². The summed E-state index contributed by atoms with van der Waals surface area (Å²) < 4.78 is 9.49. The van der Waals surface area contributed by atoms with E-state index in [2.05, 4.69) is 15.9 Å². The summed E-state index contributed by atoms with van der Waals surface area (Å²) in [6, 6.07) is 0. The van der Waals surface area contributed by atoms with Gasteiger partial charge in [0.15, 0.2) is 0 Å². The van der Waals surface area contributed by atoms with E-state index in [1.165, 1.54) is 0 Å². The third-order valence-electron chi connectivity index (χ3n) is 2.36. The second-order valence-electron chi connectivity index (χ2n) is 3.23. The molecule has 0 aromatic heterocycles. The standard InChI is InChI=1S/C9H13BrO4/c1-3-9(10,4-2)8-13-6(11)5-7(12)14-8/h8H,3-5H2,1-2H3. The minimum absolute atomic E-state index is 0.285. The Hall–Kier alpha value is -0.580. The van der Waals surface area contributed by atoms with Crippen LogP contribution in [0.3, 0.4) is 0 Å². The van der Waals surface area contributed by atoms with Gasteiger partial charge in [-0.25, -0.2) is 0 Å². The Morgan fingerprint density at radius 3 is 2.07 bits per heavy atom. The van der Waals surface area contributed by atoms with Crippen molar-refractivity contribution in [3.05, 3.63) is 0 Å². The summed E-state index contributed by atoms with van der Waals surface area (Å²) in [5.41, 5.74) is 0. The van der Waals surface area contributed by atoms with Gasteiger partial charge in [-0.15, -0.1) is 0 Å². The molecule has 1 rings (SSSR count). The fourth-order valence-electron chi connectivity index (χ4n) is 1.26. The number of carbonyl (C=O) groups is 2. The third-order valence-corrected chi connectivity index (χ3v) is 3.86. The quantitative estimate of drug-likeness (QED) is 0.443. The van der Waals surface area contributed by atoms with E-state index in [1.807, 2.05) is 13.8 Å². The van der Waals surface area contributed by atoms with Crippen LogP contribution in [0.25, 0.3) is 0 Å². The zero-order valence-corrected chi connectivity index (χ0v) is 9.80. The topological polar surface area (TPSA) is 52.6 Å². The van der Waals surface area contributed by atoms with Gasteiger partial charge in [0, 0.05) is 0 Å². The van der Waals surface area contributed by atoms with Crippen LogP contribution in [0.2, 0.25) is 0 Å². The number of rotatable bonds is 3. The van der Waals surface area contributed by atoms with Crippen LogP contribution in [0, 0.1) is 0 Å². The van der Waals surface area contributed by atoms with Gasteiger partial charge in [-0.05, 0) is 12.8 Å². The largest absolute Gasteiger partial charge is 0.423 e. The van der Waals surface area contributed by atoms with Crippen molar-refractivity contribution in [2.45, 2.75) is 43.7 Å². The fourth-order valence-corrected chi connectivity index (χ4v) is 1.45. The lowest BCUT2D eigenvalue weighted by Crippen LogP contribution is -2.45. The first-order valence-corrected chi connectivity index (χ1v) is 5.39. The number of hydrogen-bond donors (Lipinski definition) is 0. The van der Waals surface area contributed by atoms with Crippen molar-refractivity contribution in [2.24, 2.45) is 0 Å². The first-order chi connectivity index (χ1) is 6.51. The first-order valence-electron chi connectivity index (χ1n) is 4.59. The number of hydrogen-bond acceptors (Lipinski definition) is 4. The van der Waals surface area contributed by atoms with E-state index in [0.717, 1.165) is 0 Å². The second-order valence-corrected chi connectivity index (χ2v) is 4.81. The average Bonchev–Trinajstić information content (AvgIpc) is 2.15. The lowest BCUT2D eigenvalue weighted by Gasteiger charge is -2.34. The molecule has 0 aromatic rings. The molecule has 0 aliphatic carbocycles. The molecule has 14 heavy (non-hydrogen) atoms. The fraction of sp³-hybridized carbons (Fsp3) is 0.778. The molecule has 1 saturated heterocycles. The zero-order valence-electron chi connectivity index (χ0n) is 8.21. The summed E-state index contributed by atoms with van der Waals surface area (Å²) in [6.07, 6.45) is 0.349. The molecule has 0 atom stereocenters. The van der Waals surface area contributed by atoms with Crippen molar-refractivity contribution in [1.29, 1.82) is 0 Å². The smallest absolute Gasteiger partial charge is 0.320 e. The molecule has 4 nitrogen and oxygen atoms in total. The highest BCUT2D eigenvalue weighted by atomic mass is 79.9. The Balaban J connectivity index is 2.76. The molecule has 0 N–H and O–H groups in total. The lowest BCUT2D eigenvalue weighted by atomic mass is 10.0. The van der Waals surface area contributed by atoms with Gasteiger partial charge in [0.1, 0.15) is 6.42 Å². The maximum atomic E-state index is 11.0. The molecular weight excluding hydrogens is 252 g/mol. The molecule has 1 fully saturated rings. The van der Waals surface area contributed by atoms with Crippen molar-refractivity contribution in [1.82, 2.24) is 0 Å². The van der Waals surface area contributed by atoms with Crippen LogP contribution in [0.1, 0.15) is 33.1 Å². The van der Waals surface area contributed by atoms with Crippen LogP contribution in [-0.4, -0.2) is 22.6 Å². The maximum Gasteiger partial charge on any atom is 0.320 e. The van der Waals surface area contributed by atoms with Crippen LogP contribution in [0.15, 0.2) is 0 Å². The van der Waals surface area contributed by atoms with Crippen LogP contribution in [0.5, 0.6) is 0 Å². The molecule has 0 saturated carbocycles. The van der Waals surface area contributed by atoms with Crippen LogP contribution < -0.4 is 0 Å². The minimum Gasteiger partial charge on any atom is -0.423 e. The van der Waals surface area contributed by atoms with Gasteiger partial charge in [-0.3, -0.25) is 9.59 Å². The van der Waals surface area contributed by atoms with Gasteiger partial charge in [-0.2, -0.15) is 0 Å². The van der Waals surface area contributed by atoms with Crippen LogP contribution >= 0.6 is 15.9 Å². The second kappa shape index (κ2) is 4.29. The number of ether oxygens (including phenoxy) is 2. The molecule has 0 aromatic carbocycles. The van der Waals surface area contributed by atoms with E-state index in [4.69, 9.17) is 9.47 Å². The van der Waals surface area contributed by atoms with Gasteiger partial charge in [0.05, 0.1) is 4.32 Å². The normalized spacial score (nSPS) is 19.1. The summed E-state index contributed by atoms with van der Waals surface area (Å²) in [5, 5.41) is 0. The van der Waals surface area contributed by atoms with Crippen LogP contribution in [-0.2, 0) is 19.1 Å². The first kappa shape index (κ1) is 11.5. The van der Waals surface area contributed by atoms with E-state index in [9.17, 15) is 9.59 Å². The zero-order chi connectivity index (χ0) is 10.8. The average molecular weight is 265 g/mol. The Morgan fingerprint density at radius 2 is 1.71 bits per heavy atom. The van der Waals surface area contributed by atoms with Gasteiger partial charge in [0.2, 0.25) is 0 Å². The van der Waals surface area contributed by atoms with E-state index in [1.54, 1.807) is 0 Å². The van der Waals surface area contributed by atoms with Gasteiger partial charge < -0.3 is 9.47 Å². The Morgan fingerprint density at radius 1 is 1.29 bits per heavy atom. The Kier molecular flexibility index (Phi) is 3.53. The molecule has 0 unspecified atom stereocenters. The summed E-state index contributed by atoms with van der Waals surface area (Å²) in [5.74, 6) is -1.03. The molecule has 80 valence electrons. The molecule has 0 radical (unpaired) electrons. The molecule has 0 spiro atoms. The minimum atomic E-state index is -0.800. The SMILES string of the molecule is CCC(Br)(CC)C1OC(=O)CC(=O)O1. The highest BCUT2D eigenvalue weighted by Gasteiger charge is 2.42. The predicted octanol–water partition coefficient (Wildman–Crippen LogP) is 1.76. The highest BCUT2D eigenvalue weighted by Crippen LogP contribution is 2.34. The van der Waals surface area contributed by atoms with Crippen molar-refractivity contribution in [3.63, 3.8) is 0 Å². The van der Waals surface area contributed by atoms with Crippen molar-refractivity contribution in [3.8, 4) is 0 Å². The number of halogens is 1. The Labute approximate surface area is 91.1 Å². The number of cyclic esters (lactones) is 2. The summed E-state index contributed by atoms with van der Waals surface area (Å²) in [7, 11) is 0. The number of carbonyl (C=O) groups excluding carboxylic acids is 2. The van der Waals surface area contributed by atoms with Crippen molar-refractivity contribution in [2.75, 3.05) is 0 Å². The highest BCUT2D eigenvalue weighted by molar-refractivity contribution is 9.10. The van der Waals surface area contributed by atoms with Gasteiger partial charge >= 0.3 is 11.9 Å². The molecule has 1 heterocycles. The summed E-state index contributed by atoms with van der Waals surface area (Å²) >= 11 is 3.45. The van der Waals surface area contributed by atoms with Gasteiger partial charge in [-0.1, -0.05) is 29.8 Å².